The molecular weight excluding hydrogens is 1270 g/mol. The predicted octanol–water partition coefficient (Wildman–Crippen LogP) is 16.9. The molecule has 0 saturated carbocycles. The molecule has 0 spiro atoms. The molecule has 0 bridgehead atoms. The van der Waals surface area contributed by atoms with E-state index in [1.807, 2.05) is 145 Å². The highest BCUT2D eigenvalue weighted by Crippen LogP contribution is 2.43. The first-order chi connectivity index (χ1) is 44.6. The standard InChI is InChI=1S/C24H23ClN4O.C18H17N3O2.C13H10ClNO2.C10H17BN2O2.C6H6ClN.2CH4.B/c1-3-29-14-17(13-26-29)16-4-9-20-21(12-16)22(27-19-7-5-18(25)6-8-19)10-11-23-24(20)15(2)28-30-23;1-3-21-10-13(9-19-21)12-4-5-14-15(8-12)16(22)6-7-17-18(14)11(2)20-23-17;1-7-13-9-3-2-8(14)6-10(9)11(16)4-5-12(13)17-15-7;1-9(2)10(3,4)15-11(14-9)8-6-12-13(5)7-8;7-5-1-3-6(8)4-2-5;;;/h4-9,12-14,22,27H,3,10-11H2,1-2H3;4-5,8-10H,3,6-7H2,1-2H3;2-3,6H,4-5H2,1H3;6-7H,1-5H3;1-4H,8H2;2*1H4;. The topological polar surface area (TPSA) is 222 Å². The largest absolute Gasteiger partial charge is 0.498 e. The second-order valence-electron chi connectivity index (χ2n) is 24.3. The molecular formula is C73H81B2Cl3N11O7. The third-order valence-electron chi connectivity index (χ3n) is 17.3. The number of nitrogens with zero attached hydrogens (tertiary/aromatic N) is 9. The van der Waals surface area contributed by atoms with Crippen LogP contribution in [0, 0.1) is 20.8 Å². The van der Waals surface area contributed by atoms with Gasteiger partial charge in [0.15, 0.2) is 11.6 Å². The van der Waals surface area contributed by atoms with Crippen molar-refractivity contribution in [3.8, 4) is 55.6 Å². The van der Waals surface area contributed by atoms with Crippen LogP contribution in [0.1, 0.15) is 142 Å². The lowest BCUT2D eigenvalue weighted by Gasteiger charge is -2.32. The fraction of sp³-hybridized carbons (Fsp3) is 0.315. The van der Waals surface area contributed by atoms with E-state index in [0.717, 1.165) is 143 Å². The van der Waals surface area contributed by atoms with E-state index >= 15 is 0 Å². The summed E-state index contributed by atoms with van der Waals surface area (Å²) < 4.78 is 33.7. The number of nitrogens with one attached hydrogen (secondary N) is 1. The Morgan fingerprint density at radius 1 is 0.542 bits per heavy atom. The van der Waals surface area contributed by atoms with Crippen LogP contribution < -0.4 is 16.5 Å². The molecule has 4 aliphatic rings. The number of hydrogen-bond acceptors (Lipinski definition) is 15. The molecule has 6 aromatic heterocycles. The van der Waals surface area contributed by atoms with Gasteiger partial charge in [-0.05, 0) is 175 Å². The van der Waals surface area contributed by atoms with Crippen molar-refractivity contribution in [2.75, 3.05) is 11.1 Å². The van der Waals surface area contributed by atoms with Gasteiger partial charge in [0.25, 0.3) is 0 Å². The number of carbonyl (C=O) groups excluding carboxylic acids is 2. The second kappa shape index (κ2) is 31.0. The third kappa shape index (κ3) is 16.0. The number of aryl methyl sites for hydroxylation is 9. The molecule has 11 aromatic rings. The maximum Gasteiger partial charge on any atom is 0.498 e. The van der Waals surface area contributed by atoms with Crippen LogP contribution in [0.5, 0.6) is 0 Å². The summed E-state index contributed by atoms with van der Waals surface area (Å²) >= 11 is 17.6. The summed E-state index contributed by atoms with van der Waals surface area (Å²) in [6.45, 7) is 19.8. The fourth-order valence-electron chi connectivity index (χ4n) is 11.6. The molecule has 18 nitrogen and oxygen atoms in total. The molecule has 7 heterocycles. The number of Topliss-reactive ketones (excluding diaryl/α,β-unsaturated/α-hetero) is 2. The van der Waals surface area contributed by atoms with Gasteiger partial charge in [0, 0.05) is 156 Å². The Kier molecular flexibility index (Phi) is 23.6. The van der Waals surface area contributed by atoms with Gasteiger partial charge >= 0.3 is 7.12 Å². The highest BCUT2D eigenvalue weighted by molar-refractivity contribution is 6.62. The zero-order valence-corrected chi connectivity index (χ0v) is 56.5. The Morgan fingerprint density at radius 2 is 0.990 bits per heavy atom. The molecule has 1 aliphatic heterocycles. The molecule has 1 atom stereocenters. The molecule has 3 N–H and O–H groups in total. The maximum atomic E-state index is 12.5. The summed E-state index contributed by atoms with van der Waals surface area (Å²) in [7, 11) is 1.58. The highest BCUT2D eigenvalue weighted by Gasteiger charge is 2.52. The Bertz CT molecular complexity index is 4450. The number of halogens is 3. The van der Waals surface area contributed by atoms with Gasteiger partial charge in [-0.1, -0.05) is 95.5 Å². The average molecular weight is 1350 g/mol. The second-order valence-corrected chi connectivity index (χ2v) is 25.6. The van der Waals surface area contributed by atoms with Crippen molar-refractivity contribution in [1.82, 2.24) is 44.8 Å². The molecule has 3 radical (unpaired) electrons. The summed E-state index contributed by atoms with van der Waals surface area (Å²) in [6, 6.07) is 33.1. The van der Waals surface area contributed by atoms with Crippen molar-refractivity contribution in [2.24, 2.45) is 7.05 Å². The Morgan fingerprint density at radius 3 is 1.47 bits per heavy atom. The van der Waals surface area contributed by atoms with Gasteiger partial charge in [-0.3, -0.25) is 23.6 Å². The monoisotopic (exact) mass is 1350 g/mol. The zero-order chi connectivity index (χ0) is 65.9. The smallest absolute Gasteiger partial charge is 0.399 e. The van der Waals surface area contributed by atoms with E-state index in [0.29, 0.717) is 36.3 Å². The van der Waals surface area contributed by atoms with Crippen molar-refractivity contribution < 1.29 is 32.5 Å². The minimum absolute atomic E-state index is 0. The number of ketones is 2. The van der Waals surface area contributed by atoms with Crippen LogP contribution in [-0.2, 0) is 48.7 Å². The molecule has 1 fully saturated rings. The van der Waals surface area contributed by atoms with Crippen LogP contribution >= 0.6 is 34.8 Å². The first kappa shape index (κ1) is 73.0. The molecule has 497 valence electrons. The number of rotatable bonds is 7. The number of anilines is 2. The van der Waals surface area contributed by atoms with E-state index in [2.05, 4.69) is 67.4 Å². The molecule has 15 rings (SSSR count). The van der Waals surface area contributed by atoms with Gasteiger partial charge in [0.1, 0.15) is 17.3 Å². The van der Waals surface area contributed by atoms with Crippen LogP contribution in [-0.4, -0.2) is 83.1 Å². The summed E-state index contributed by atoms with van der Waals surface area (Å²) in [4.78, 5) is 24.6. The van der Waals surface area contributed by atoms with Gasteiger partial charge < -0.3 is 33.9 Å². The number of nitrogens with two attached hydrogens (primary N) is 1. The Labute approximate surface area is 578 Å². The highest BCUT2D eigenvalue weighted by atomic mass is 35.5. The lowest BCUT2D eigenvalue weighted by Crippen LogP contribution is -2.41. The van der Waals surface area contributed by atoms with E-state index in [9.17, 15) is 9.59 Å². The number of benzene rings is 5. The third-order valence-corrected chi connectivity index (χ3v) is 18.1. The normalized spacial score (nSPS) is 15.0. The van der Waals surface area contributed by atoms with Gasteiger partial charge in [-0.25, -0.2) is 0 Å². The maximum absolute atomic E-state index is 12.5. The summed E-state index contributed by atoms with van der Waals surface area (Å²) in [5.41, 5.74) is 23.2. The molecule has 1 saturated heterocycles. The summed E-state index contributed by atoms with van der Waals surface area (Å²) in [5.74, 6) is 2.81. The SMILES string of the molecule is C.C.CCn1cc(-c2ccc3c(c2)C(=O)CCc2onc(C)c2-3)cn1.CCn1cc(-c2ccc3c(c2)C(Nc2ccc(Cl)cc2)CCc2onc(C)c2-3)cn1.Cc1noc2c1-c1ccc(Cl)cc1C(=O)CC2.Cn1cc(B2OC(C)(C)C(C)(C)O2)cn1.Nc1ccc(Cl)cc1.[B]. The minimum Gasteiger partial charge on any atom is -0.399 e. The lowest BCUT2D eigenvalue weighted by molar-refractivity contribution is 0.00578. The van der Waals surface area contributed by atoms with Gasteiger partial charge in [-0.15, -0.1) is 0 Å². The van der Waals surface area contributed by atoms with Gasteiger partial charge in [0.2, 0.25) is 0 Å². The van der Waals surface area contributed by atoms with E-state index in [1.54, 1.807) is 47.3 Å². The van der Waals surface area contributed by atoms with Crippen molar-refractivity contribution >= 4 is 78.7 Å². The quantitative estimate of drug-likeness (QED) is 0.112. The number of fused-ring (bicyclic) bond motifs is 9. The van der Waals surface area contributed by atoms with Gasteiger partial charge in [0.05, 0.1) is 46.7 Å². The number of nitrogen functional groups attached to an aromatic ring is 1. The van der Waals surface area contributed by atoms with Crippen molar-refractivity contribution in [1.29, 1.82) is 0 Å². The molecule has 3 aliphatic carbocycles. The molecule has 96 heavy (non-hydrogen) atoms. The molecule has 5 aromatic carbocycles. The van der Waals surface area contributed by atoms with Crippen molar-refractivity contribution in [3.63, 3.8) is 0 Å². The van der Waals surface area contributed by atoms with Crippen molar-refractivity contribution in [3.05, 3.63) is 206 Å². The first-order valence-corrected chi connectivity index (χ1v) is 32.1. The van der Waals surface area contributed by atoms with Crippen LogP contribution in [0.25, 0.3) is 55.6 Å². The van der Waals surface area contributed by atoms with E-state index < -0.39 is 0 Å². The molecule has 0 amide bonds. The number of aromatic nitrogens is 9. The zero-order valence-electron chi connectivity index (χ0n) is 54.3. The van der Waals surface area contributed by atoms with E-state index in [4.69, 9.17) is 63.4 Å². The van der Waals surface area contributed by atoms with E-state index in [-0.39, 0.29) is 59.2 Å². The number of hydrogen-bond donors (Lipinski definition) is 2. The molecule has 23 heteroatoms. The van der Waals surface area contributed by atoms with Crippen LogP contribution in [0.3, 0.4) is 0 Å². The van der Waals surface area contributed by atoms with Gasteiger partial charge in [-0.2, -0.15) is 15.3 Å². The fourth-order valence-corrected chi connectivity index (χ4v) is 12.0. The number of carbonyl (C=O) groups is 2. The first-order valence-electron chi connectivity index (χ1n) is 31.0. The Balaban J connectivity index is 0.000000160. The van der Waals surface area contributed by atoms with E-state index in [1.165, 1.54) is 11.1 Å². The predicted molar refractivity (Wildman–Crippen MR) is 384 cm³/mol. The minimum atomic E-state index is -0.302. The molecule has 1 unspecified atom stereocenters. The van der Waals surface area contributed by atoms with Crippen LogP contribution in [0.2, 0.25) is 15.1 Å². The summed E-state index contributed by atoms with van der Waals surface area (Å²) in [5, 5.41) is 30.9. The van der Waals surface area contributed by atoms with Crippen LogP contribution in [0.4, 0.5) is 11.4 Å². The average Bonchev–Trinajstić information content (AvgIpc) is 1.61. The van der Waals surface area contributed by atoms with Crippen molar-refractivity contribution in [2.45, 2.75) is 146 Å². The van der Waals surface area contributed by atoms with Crippen LogP contribution in [0.15, 0.2) is 154 Å². The lowest BCUT2D eigenvalue weighted by atomic mass is 9.82. The Hall–Kier alpha value is -8.78. The summed E-state index contributed by atoms with van der Waals surface area (Å²) in [6.07, 6.45) is 15.4.